The standard InChI is InChI=1S/C21H23BrN2O/c1-15-6-7-19-18(12-15)21(8-10-23(2)11-9-21)14-24(19)20(25)16-4-3-5-17(22)13-16/h3-7,12-13H,8-11,14H2,1-2H3. The lowest BCUT2D eigenvalue weighted by molar-refractivity contribution is 0.0979. The van der Waals surface area contributed by atoms with Crippen molar-refractivity contribution in [3.05, 3.63) is 63.6 Å². The van der Waals surface area contributed by atoms with Gasteiger partial charge >= 0.3 is 0 Å². The summed E-state index contributed by atoms with van der Waals surface area (Å²) in [7, 11) is 2.18. The van der Waals surface area contributed by atoms with Gasteiger partial charge in [-0.25, -0.2) is 0 Å². The molecule has 1 fully saturated rings. The number of anilines is 1. The average Bonchev–Trinajstić information content (AvgIpc) is 2.91. The molecule has 2 aliphatic heterocycles. The van der Waals surface area contributed by atoms with Crippen molar-refractivity contribution in [2.24, 2.45) is 0 Å². The number of aryl methyl sites for hydroxylation is 1. The van der Waals surface area contributed by atoms with Crippen molar-refractivity contribution >= 4 is 27.5 Å². The van der Waals surface area contributed by atoms with E-state index in [0.717, 1.165) is 48.2 Å². The minimum atomic E-state index is 0.0993. The number of halogens is 1. The van der Waals surface area contributed by atoms with E-state index in [9.17, 15) is 4.79 Å². The van der Waals surface area contributed by atoms with Crippen molar-refractivity contribution in [3.63, 3.8) is 0 Å². The van der Waals surface area contributed by atoms with Crippen LogP contribution in [0.2, 0.25) is 0 Å². The predicted molar refractivity (Wildman–Crippen MR) is 105 cm³/mol. The molecule has 0 unspecified atom stereocenters. The van der Waals surface area contributed by atoms with Gasteiger partial charge in [-0.3, -0.25) is 4.79 Å². The first-order valence-corrected chi connectivity index (χ1v) is 9.65. The fraction of sp³-hybridized carbons (Fsp3) is 0.381. The maximum atomic E-state index is 13.2. The smallest absolute Gasteiger partial charge is 0.258 e. The van der Waals surface area contributed by atoms with Gasteiger partial charge in [-0.1, -0.05) is 39.7 Å². The fourth-order valence-electron chi connectivity index (χ4n) is 4.22. The summed E-state index contributed by atoms with van der Waals surface area (Å²) < 4.78 is 0.940. The zero-order valence-electron chi connectivity index (χ0n) is 14.8. The fourth-order valence-corrected chi connectivity index (χ4v) is 4.61. The van der Waals surface area contributed by atoms with Crippen molar-refractivity contribution in [3.8, 4) is 0 Å². The van der Waals surface area contributed by atoms with Crippen LogP contribution < -0.4 is 4.90 Å². The van der Waals surface area contributed by atoms with Crippen LogP contribution in [-0.4, -0.2) is 37.5 Å². The molecule has 0 N–H and O–H groups in total. The third kappa shape index (κ3) is 2.91. The van der Waals surface area contributed by atoms with E-state index in [1.807, 2.05) is 29.2 Å². The van der Waals surface area contributed by atoms with E-state index in [4.69, 9.17) is 0 Å². The van der Waals surface area contributed by atoms with Crippen molar-refractivity contribution in [1.82, 2.24) is 4.90 Å². The normalized spacial score (nSPS) is 19.2. The number of likely N-dealkylation sites (tertiary alicyclic amines) is 1. The predicted octanol–water partition coefficient (Wildman–Crippen LogP) is 4.38. The molecule has 1 amide bonds. The van der Waals surface area contributed by atoms with Crippen molar-refractivity contribution in [1.29, 1.82) is 0 Å². The number of carbonyl (C=O) groups excluding carboxylic acids is 1. The Morgan fingerprint density at radius 1 is 1.12 bits per heavy atom. The summed E-state index contributed by atoms with van der Waals surface area (Å²) >= 11 is 3.48. The van der Waals surface area contributed by atoms with Gasteiger partial charge in [-0.15, -0.1) is 0 Å². The van der Waals surface area contributed by atoms with E-state index in [1.54, 1.807) is 0 Å². The second kappa shape index (κ2) is 6.26. The van der Waals surface area contributed by atoms with Gasteiger partial charge in [0.2, 0.25) is 0 Å². The molecule has 25 heavy (non-hydrogen) atoms. The van der Waals surface area contributed by atoms with E-state index in [1.165, 1.54) is 11.1 Å². The van der Waals surface area contributed by atoms with Gasteiger partial charge in [0.1, 0.15) is 0 Å². The molecule has 2 aliphatic rings. The molecule has 3 nitrogen and oxygen atoms in total. The van der Waals surface area contributed by atoms with Crippen molar-refractivity contribution in [2.75, 3.05) is 31.6 Å². The second-order valence-electron chi connectivity index (χ2n) is 7.51. The molecule has 0 saturated carbocycles. The Morgan fingerprint density at radius 3 is 2.60 bits per heavy atom. The molecule has 1 saturated heterocycles. The quantitative estimate of drug-likeness (QED) is 0.711. The van der Waals surface area contributed by atoms with Crippen LogP contribution in [0.4, 0.5) is 5.69 Å². The SMILES string of the molecule is Cc1ccc2c(c1)C1(CCN(C)CC1)CN2C(=O)c1cccc(Br)c1. The molecule has 4 rings (SSSR count). The Hall–Kier alpha value is -1.65. The maximum Gasteiger partial charge on any atom is 0.258 e. The first-order valence-electron chi connectivity index (χ1n) is 8.86. The molecule has 2 aromatic carbocycles. The first-order chi connectivity index (χ1) is 12.0. The number of nitrogens with zero attached hydrogens (tertiary/aromatic N) is 2. The molecule has 2 aromatic rings. The number of rotatable bonds is 1. The van der Waals surface area contributed by atoms with E-state index in [2.05, 4.69) is 53.0 Å². The topological polar surface area (TPSA) is 23.6 Å². The van der Waals surface area contributed by atoms with Crippen LogP contribution in [-0.2, 0) is 5.41 Å². The Bertz CT molecular complexity index is 824. The van der Waals surface area contributed by atoms with E-state index in [-0.39, 0.29) is 11.3 Å². The molecular formula is C21H23BrN2O. The van der Waals surface area contributed by atoms with E-state index in [0.29, 0.717) is 0 Å². The highest BCUT2D eigenvalue weighted by molar-refractivity contribution is 9.10. The number of fused-ring (bicyclic) bond motifs is 2. The van der Waals surface area contributed by atoms with Crippen LogP contribution in [0.15, 0.2) is 46.9 Å². The highest BCUT2D eigenvalue weighted by Crippen LogP contribution is 2.47. The Balaban J connectivity index is 1.75. The summed E-state index contributed by atoms with van der Waals surface area (Å²) in [6.45, 7) is 5.12. The van der Waals surface area contributed by atoms with E-state index >= 15 is 0 Å². The minimum absolute atomic E-state index is 0.0993. The van der Waals surface area contributed by atoms with Crippen LogP contribution in [0.1, 0.15) is 34.3 Å². The van der Waals surface area contributed by atoms with Gasteiger partial charge in [0.25, 0.3) is 5.91 Å². The molecule has 1 spiro atoms. The number of piperidine rings is 1. The van der Waals surface area contributed by atoms with Gasteiger partial charge in [0.05, 0.1) is 0 Å². The molecule has 0 radical (unpaired) electrons. The van der Waals surface area contributed by atoms with Gasteiger partial charge < -0.3 is 9.80 Å². The number of hydrogen-bond donors (Lipinski definition) is 0. The van der Waals surface area contributed by atoms with Gasteiger partial charge in [0.15, 0.2) is 0 Å². The zero-order valence-corrected chi connectivity index (χ0v) is 16.3. The molecule has 4 heteroatoms. The number of hydrogen-bond acceptors (Lipinski definition) is 2. The lowest BCUT2D eigenvalue weighted by Crippen LogP contribution is -2.44. The minimum Gasteiger partial charge on any atom is -0.307 e. The highest BCUT2D eigenvalue weighted by atomic mass is 79.9. The highest BCUT2D eigenvalue weighted by Gasteiger charge is 2.46. The maximum absolute atomic E-state index is 13.2. The van der Waals surface area contributed by atoms with Crippen LogP contribution in [0, 0.1) is 6.92 Å². The summed E-state index contributed by atoms with van der Waals surface area (Å²) in [5.74, 6) is 0.0993. The summed E-state index contributed by atoms with van der Waals surface area (Å²) in [6.07, 6.45) is 2.23. The summed E-state index contributed by atoms with van der Waals surface area (Å²) in [5.41, 5.74) is 4.58. The lowest BCUT2D eigenvalue weighted by Gasteiger charge is -2.38. The first kappa shape index (κ1) is 16.8. The average molecular weight is 399 g/mol. The van der Waals surface area contributed by atoms with Crippen molar-refractivity contribution in [2.45, 2.75) is 25.2 Å². The van der Waals surface area contributed by atoms with Crippen LogP contribution >= 0.6 is 15.9 Å². The summed E-state index contributed by atoms with van der Waals surface area (Å²) in [6, 6.07) is 14.2. The third-order valence-electron chi connectivity index (χ3n) is 5.74. The van der Waals surface area contributed by atoms with Gasteiger partial charge in [-0.2, -0.15) is 0 Å². The molecule has 2 heterocycles. The van der Waals surface area contributed by atoms with Gasteiger partial charge in [0, 0.05) is 27.7 Å². The number of benzene rings is 2. The molecule has 0 aromatic heterocycles. The molecular weight excluding hydrogens is 376 g/mol. The number of carbonyl (C=O) groups is 1. The van der Waals surface area contributed by atoms with Gasteiger partial charge in [-0.05, 0) is 69.7 Å². The molecule has 0 aliphatic carbocycles. The Kier molecular flexibility index (Phi) is 4.20. The zero-order chi connectivity index (χ0) is 17.6. The molecule has 0 atom stereocenters. The summed E-state index contributed by atoms with van der Waals surface area (Å²) in [4.78, 5) is 17.6. The lowest BCUT2D eigenvalue weighted by atomic mass is 9.74. The monoisotopic (exact) mass is 398 g/mol. The number of amides is 1. The van der Waals surface area contributed by atoms with Crippen LogP contribution in [0.25, 0.3) is 0 Å². The largest absolute Gasteiger partial charge is 0.307 e. The Morgan fingerprint density at radius 2 is 1.88 bits per heavy atom. The Labute approximate surface area is 157 Å². The third-order valence-corrected chi connectivity index (χ3v) is 6.23. The van der Waals surface area contributed by atoms with E-state index < -0.39 is 0 Å². The summed E-state index contributed by atoms with van der Waals surface area (Å²) in [5, 5.41) is 0. The van der Waals surface area contributed by atoms with Crippen LogP contribution in [0.5, 0.6) is 0 Å². The second-order valence-corrected chi connectivity index (χ2v) is 8.42. The molecule has 130 valence electrons. The molecule has 0 bridgehead atoms. The van der Waals surface area contributed by atoms with Crippen molar-refractivity contribution < 1.29 is 4.79 Å². The van der Waals surface area contributed by atoms with Crippen LogP contribution in [0.3, 0.4) is 0 Å².